The summed E-state index contributed by atoms with van der Waals surface area (Å²) in [6.07, 6.45) is 4.99. The van der Waals surface area contributed by atoms with Crippen LogP contribution in [0.3, 0.4) is 0 Å². The van der Waals surface area contributed by atoms with Crippen LogP contribution in [-0.2, 0) is 11.2 Å². The highest BCUT2D eigenvalue weighted by molar-refractivity contribution is 5.77. The number of anilines is 1. The molecule has 3 heterocycles. The van der Waals surface area contributed by atoms with E-state index >= 15 is 0 Å². The number of aromatic amines is 1. The average Bonchev–Trinajstić information content (AvgIpc) is 2.68. The lowest BCUT2D eigenvalue weighted by atomic mass is 10.0. The fourth-order valence-electron chi connectivity index (χ4n) is 3.51. The smallest absolute Gasteiger partial charge is 0.132 e. The summed E-state index contributed by atoms with van der Waals surface area (Å²) < 4.78 is 7.47. The van der Waals surface area contributed by atoms with Gasteiger partial charge < -0.3 is 10.5 Å². The Labute approximate surface area is 166 Å². The van der Waals surface area contributed by atoms with Crippen LogP contribution in [0.15, 0.2) is 42.7 Å². The number of pyridine rings is 1. The molecule has 6 nitrogen and oxygen atoms in total. The van der Waals surface area contributed by atoms with E-state index in [-0.39, 0.29) is 0 Å². The number of H-pyrrole nitrogens is 1. The van der Waals surface area contributed by atoms with E-state index in [0.29, 0.717) is 11.9 Å². The molecule has 3 N–H and O–H groups in total. The first kappa shape index (κ1) is 18.8. The van der Waals surface area contributed by atoms with Crippen molar-refractivity contribution in [3.8, 4) is 22.4 Å². The normalized spacial score (nSPS) is 15.4. The molecule has 0 unspecified atom stereocenters. The minimum atomic E-state index is 0.408. The van der Waals surface area contributed by atoms with Crippen LogP contribution in [0.5, 0.6) is 0 Å². The Bertz CT molecular complexity index is 891. The minimum absolute atomic E-state index is 0.408. The second-order valence-electron chi connectivity index (χ2n) is 7.71. The van der Waals surface area contributed by atoms with Gasteiger partial charge in [-0.05, 0) is 37.5 Å². The molecule has 1 aliphatic heterocycles. The summed E-state index contributed by atoms with van der Waals surface area (Å²) in [4.78, 5) is 6.87. The lowest BCUT2D eigenvalue weighted by Gasteiger charge is -2.26. The van der Waals surface area contributed by atoms with E-state index in [1.54, 1.807) is 0 Å². The molecule has 0 bridgehead atoms. The van der Waals surface area contributed by atoms with Gasteiger partial charge in [0.05, 0.1) is 18.9 Å². The molecule has 0 radical (unpaired) electrons. The summed E-state index contributed by atoms with van der Waals surface area (Å²) >= 11 is 0. The maximum atomic E-state index is 6.11. The molecule has 0 aliphatic carbocycles. The fourth-order valence-corrected chi connectivity index (χ4v) is 3.51. The number of aromatic nitrogens is 3. The molecule has 148 valence electrons. The van der Waals surface area contributed by atoms with Crippen LogP contribution in [0.2, 0.25) is 0 Å². The van der Waals surface area contributed by atoms with Gasteiger partial charge in [-0.2, -0.15) is 0 Å². The molecule has 2 aromatic heterocycles. The Hall–Kier alpha value is -2.57. The third-order valence-electron chi connectivity index (χ3n) is 5.39. The number of nitrogen functional groups attached to an aromatic ring is 1. The van der Waals surface area contributed by atoms with E-state index in [1.165, 1.54) is 5.56 Å². The van der Waals surface area contributed by atoms with Gasteiger partial charge in [0.15, 0.2) is 0 Å². The van der Waals surface area contributed by atoms with Crippen LogP contribution in [0.4, 0.5) is 5.82 Å². The van der Waals surface area contributed by atoms with E-state index in [0.717, 1.165) is 61.7 Å². The number of ether oxygens (including phenoxy) is 1. The zero-order valence-corrected chi connectivity index (χ0v) is 16.7. The molecule has 0 saturated carbocycles. The van der Waals surface area contributed by atoms with Crippen LogP contribution >= 0.6 is 0 Å². The predicted octanol–water partition coefficient (Wildman–Crippen LogP) is 3.58. The van der Waals surface area contributed by atoms with E-state index < -0.39 is 0 Å². The maximum Gasteiger partial charge on any atom is 0.132 e. The third-order valence-corrected chi connectivity index (χ3v) is 5.39. The largest absolute Gasteiger partial charge is 0.383 e. The average molecular weight is 380 g/mol. The second kappa shape index (κ2) is 8.20. The molecule has 1 aromatic carbocycles. The van der Waals surface area contributed by atoms with Gasteiger partial charge in [0.25, 0.3) is 0 Å². The Morgan fingerprint density at radius 2 is 1.86 bits per heavy atom. The number of nitrogens with one attached hydrogen (secondary N) is 1. The lowest BCUT2D eigenvalue weighted by Crippen LogP contribution is -2.37. The van der Waals surface area contributed by atoms with Gasteiger partial charge >= 0.3 is 0 Å². The van der Waals surface area contributed by atoms with Gasteiger partial charge in [-0.1, -0.05) is 24.3 Å². The van der Waals surface area contributed by atoms with Crippen LogP contribution in [-0.4, -0.2) is 52.5 Å². The molecule has 28 heavy (non-hydrogen) atoms. The van der Waals surface area contributed by atoms with Crippen LogP contribution in [0, 0.1) is 0 Å². The predicted molar refractivity (Wildman–Crippen MR) is 113 cm³/mol. The maximum absolute atomic E-state index is 6.11. The quantitative estimate of drug-likeness (QED) is 0.687. The molecule has 4 rings (SSSR count). The molecule has 1 aliphatic rings. The van der Waals surface area contributed by atoms with Crippen molar-refractivity contribution in [3.05, 3.63) is 48.3 Å². The van der Waals surface area contributed by atoms with Gasteiger partial charge in [-0.3, -0.25) is 14.7 Å². The first-order valence-electron chi connectivity index (χ1n) is 10.0. The number of hydrogen-bond donors (Lipinski definition) is 2. The van der Waals surface area contributed by atoms with Crippen LogP contribution in [0.25, 0.3) is 22.4 Å². The minimum Gasteiger partial charge on any atom is -0.383 e. The van der Waals surface area contributed by atoms with Crippen molar-refractivity contribution in [2.24, 2.45) is 0 Å². The third kappa shape index (κ3) is 4.13. The zero-order chi connectivity index (χ0) is 19.5. The molecule has 1 fully saturated rings. The summed E-state index contributed by atoms with van der Waals surface area (Å²) in [7, 11) is 0. The van der Waals surface area contributed by atoms with Crippen molar-refractivity contribution in [1.29, 1.82) is 0 Å². The number of rotatable bonds is 6. The van der Waals surface area contributed by atoms with Crippen molar-refractivity contribution in [3.63, 3.8) is 0 Å². The van der Waals surface area contributed by atoms with Crippen molar-refractivity contribution in [1.82, 2.24) is 19.7 Å². The van der Waals surface area contributed by atoms with Crippen molar-refractivity contribution in [2.45, 2.75) is 26.3 Å². The molecule has 1 saturated heterocycles. The Morgan fingerprint density at radius 1 is 1.14 bits per heavy atom. The van der Waals surface area contributed by atoms with Crippen LogP contribution < -0.4 is 5.73 Å². The van der Waals surface area contributed by atoms with Crippen molar-refractivity contribution in [2.75, 3.05) is 38.6 Å². The van der Waals surface area contributed by atoms with Gasteiger partial charge in [0.1, 0.15) is 5.82 Å². The van der Waals surface area contributed by atoms with Crippen LogP contribution in [0.1, 0.15) is 25.5 Å². The number of nitrogens with two attached hydrogens (primary N) is 1. The molecule has 3 aromatic rings. The summed E-state index contributed by atoms with van der Waals surface area (Å²) in [6, 6.07) is 11.3. The summed E-state index contributed by atoms with van der Waals surface area (Å²) in [5.74, 6) is 0.549. The molecule has 0 spiro atoms. The van der Waals surface area contributed by atoms with Gasteiger partial charge in [0, 0.05) is 49.2 Å². The van der Waals surface area contributed by atoms with Gasteiger partial charge in [-0.15, -0.1) is 0 Å². The van der Waals surface area contributed by atoms with E-state index in [9.17, 15) is 0 Å². The molecule has 0 amide bonds. The standard InChI is InChI=1S/C22H29N5O/c1-16(2)27-15-21(25-27)20-13-19(14-24-22(20)23)18-5-3-17(4-6-18)7-8-26-9-11-28-12-10-26/h3-6,13-16,25H,7-12H2,1-2H3,(H2,23,24). The number of nitrogens with zero attached hydrogens (tertiary/aromatic N) is 3. The SMILES string of the molecule is CC(C)n1cc(-c2cc(-c3ccc(CCN4CCOCC4)cc3)cnc2N)[nH]1. The Kier molecular flexibility index (Phi) is 5.50. The monoisotopic (exact) mass is 379 g/mol. The number of benzene rings is 1. The Morgan fingerprint density at radius 3 is 2.54 bits per heavy atom. The molecule has 6 heteroatoms. The van der Waals surface area contributed by atoms with Gasteiger partial charge in [-0.25, -0.2) is 4.98 Å². The Balaban J connectivity index is 1.45. The van der Waals surface area contributed by atoms with E-state index in [1.807, 2.05) is 6.20 Å². The lowest BCUT2D eigenvalue weighted by molar-refractivity contribution is 0.0384. The topological polar surface area (TPSA) is 72.1 Å². The fraction of sp³-hybridized carbons (Fsp3) is 0.409. The zero-order valence-electron chi connectivity index (χ0n) is 16.7. The molecule has 0 atom stereocenters. The van der Waals surface area contributed by atoms with E-state index in [2.05, 4.69) is 70.0 Å². The highest BCUT2D eigenvalue weighted by Gasteiger charge is 2.13. The number of morpholine rings is 1. The van der Waals surface area contributed by atoms with E-state index in [4.69, 9.17) is 10.5 Å². The van der Waals surface area contributed by atoms with Crippen molar-refractivity contribution < 1.29 is 4.74 Å². The highest BCUT2D eigenvalue weighted by atomic mass is 16.5. The molecular formula is C22H29N5O. The highest BCUT2D eigenvalue weighted by Crippen LogP contribution is 2.30. The first-order chi connectivity index (χ1) is 13.6. The van der Waals surface area contributed by atoms with Crippen molar-refractivity contribution >= 4 is 5.82 Å². The summed E-state index contributed by atoms with van der Waals surface area (Å²) in [5.41, 5.74) is 11.7. The second-order valence-corrected chi connectivity index (χ2v) is 7.71. The van der Waals surface area contributed by atoms with Gasteiger partial charge in [0.2, 0.25) is 0 Å². The summed E-state index contributed by atoms with van der Waals surface area (Å²) in [6.45, 7) is 9.14. The first-order valence-corrected chi connectivity index (χ1v) is 10.0. The number of hydrogen-bond acceptors (Lipinski definition) is 4. The molecular weight excluding hydrogens is 350 g/mol. The summed E-state index contributed by atoms with van der Waals surface area (Å²) in [5, 5.41) is 3.33.